The van der Waals surface area contributed by atoms with Crippen LogP contribution in [0.4, 0.5) is 0 Å². The van der Waals surface area contributed by atoms with Gasteiger partial charge in [0, 0.05) is 0 Å². The number of hydrogen-bond donors (Lipinski definition) is 0. The maximum atomic E-state index is 11.8. The average molecular weight is 211 g/mol. The third-order valence-electron chi connectivity index (χ3n) is 2.09. The maximum Gasteiger partial charge on any atom is 0.178 e. The first-order valence-electron chi connectivity index (χ1n) is 4.56. The van der Waals surface area contributed by atoms with Gasteiger partial charge in [-0.2, -0.15) is 0 Å². The molecule has 0 N–H and O–H groups in total. The molecule has 77 valence electrons. The van der Waals surface area contributed by atoms with Gasteiger partial charge in [-0.1, -0.05) is 19.1 Å². The van der Waals surface area contributed by atoms with Crippen LogP contribution in [0.25, 0.3) is 0 Å². The highest BCUT2D eigenvalue weighted by atomic mass is 32.2. The van der Waals surface area contributed by atoms with E-state index in [4.69, 9.17) is 0 Å². The first kappa shape index (κ1) is 11.2. The lowest BCUT2D eigenvalue weighted by molar-refractivity contribution is 0.595. The summed E-state index contributed by atoms with van der Waals surface area (Å²) in [5.41, 5.74) is 1.78. The van der Waals surface area contributed by atoms with Crippen molar-refractivity contribution in [3.05, 3.63) is 36.2 Å². The van der Waals surface area contributed by atoms with E-state index in [1.54, 1.807) is 6.07 Å². The summed E-state index contributed by atoms with van der Waals surface area (Å²) in [6.45, 7) is 7.28. The Kier molecular flexibility index (Phi) is 3.32. The number of hydrogen-bond acceptors (Lipinski definition) is 2. The van der Waals surface area contributed by atoms with Gasteiger partial charge in [0.15, 0.2) is 9.84 Å². The van der Waals surface area contributed by atoms with Crippen LogP contribution in [0.1, 0.15) is 17.5 Å². The second-order valence-electron chi connectivity index (χ2n) is 3.44. The van der Waals surface area contributed by atoms with Crippen LogP contribution in [0.3, 0.4) is 0 Å². The molecule has 0 aliphatic heterocycles. The monoisotopic (exact) mass is 211 g/mol. The minimum absolute atomic E-state index is 0.122. The Morgan fingerprint density at radius 3 is 2.50 bits per heavy atom. The number of benzene rings is 1. The molecule has 0 aliphatic rings. The van der Waals surface area contributed by atoms with Crippen LogP contribution >= 0.6 is 0 Å². The lowest BCUT2D eigenvalue weighted by atomic mass is 10.2. The minimum atomic E-state index is -3.13. The summed E-state index contributed by atoms with van der Waals surface area (Å²) in [6.07, 6.45) is 0.412. The van der Waals surface area contributed by atoms with Gasteiger partial charge in [-0.15, -0.1) is 0 Å². The van der Waals surface area contributed by atoms with E-state index in [2.05, 4.69) is 6.92 Å². The molecule has 0 atom stereocenters. The standard InChI is InChI=1S/C11H15O2S/c1-4-7-14(12,13)11-8-9(2)5-6-10(11)3/h5-6,8H,1,4,7H2,2-3H3. The van der Waals surface area contributed by atoms with Crippen LogP contribution in [0.2, 0.25) is 0 Å². The topological polar surface area (TPSA) is 34.1 Å². The second-order valence-corrected chi connectivity index (χ2v) is 5.52. The van der Waals surface area contributed by atoms with Gasteiger partial charge in [-0.25, -0.2) is 8.42 Å². The summed E-state index contributed by atoms with van der Waals surface area (Å²) in [7, 11) is -3.13. The van der Waals surface area contributed by atoms with Gasteiger partial charge in [0.05, 0.1) is 10.6 Å². The molecule has 0 heterocycles. The minimum Gasteiger partial charge on any atom is -0.224 e. The van der Waals surface area contributed by atoms with Gasteiger partial charge in [0.2, 0.25) is 0 Å². The summed E-state index contributed by atoms with van der Waals surface area (Å²) in [4.78, 5) is 0.446. The van der Waals surface area contributed by atoms with Gasteiger partial charge in [0.25, 0.3) is 0 Å². The largest absolute Gasteiger partial charge is 0.224 e. The predicted molar refractivity (Wildman–Crippen MR) is 57.9 cm³/mol. The van der Waals surface area contributed by atoms with Crippen molar-refractivity contribution in [2.45, 2.75) is 25.2 Å². The van der Waals surface area contributed by atoms with E-state index in [0.29, 0.717) is 11.3 Å². The van der Waals surface area contributed by atoms with Crippen molar-refractivity contribution in [1.29, 1.82) is 0 Å². The maximum absolute atomic E-state index is 11.8. The Morgan fingerprint density at radius 1 is 1.29 bits per heavy atom. The van der Waals surface area contributed by atoms with E-state index in [1.807, 2.05) is 26.0 Å². The number of sulfone groups is 1. The smallest absolute Gasteiger partial charge is 0.178 e. The van der Waals surface area contributed by atoms with Gasteiger partial charge in [-0.3, -0.25) is 0 Å². The molecule has 1 aromatic rings. The van der Waals surface area contributed by atoms with Crippen molar-refractivity contribution in [2.24, 2.45) is 0 Å². The zero-order valence-corrected chi connectivity index (χ0v) is 9.39. The molecule has 0 aromatic heterocycles. The third kappa shape index (κ3) is 2.35. The van der Waals surface area contributed by atoms with Gasteiger partial charge < -0.3 is 0 Å². The first-order valence-corrected chi connectivity index (χ1v) is 6.22. The molecular weight excluding hydrogens is 196 g/mol. The molecule has 3 heteroatoms. The van der Waals surface area contributed by atoms with Crippen molar-refractivity contribution in [2.75, 3.05) is 5.75 Å². The molecule has 1 aromatic carbocycles. The Labute approximate surface area is 85.9 Å². The fourth-order valence-corrected chi connectivity index (χ4v) is 2.87. The van der Waals surface area contributed by atoms with Crippen molar-refractivity contribution < 1.29 is 8.42 Å². The first-order chi connectivity index (χ1) is 6.47. The van der Waals surface area contributed by atoms with E-state index < -0.39 is 9.84 Å². The molecule has 0 spiro atoms. The fourth-order valence-electron chi connectivity index (χ4n) is 1.34. The van der Waals surface area contributed by atoms with Crippen molar-refractivity contribution >= 4 is 9.84 Å². The lowest BCUT2D eigenvalue weighted by Crippen LogP contribution is -2.07. The molecule has 0 amide bonds. The number of rotatable bonds is 3. The van der Waals surface area contributed by atoms with Crippen LogP contribution in [-0.4, -0.2) is 14.2 Å². The van der Waals surface area contributed by atoms with E-state index >= 15 is 0 Å². The molecule has 0 aliphatic carbocycles. The Bertz CT molecular complexity index is 419. The molecule has 1 radical (unpaired) electrons. The lowest BCUT2D eigenvalue weighted by Gasteiger charge is -2.07. The molecule has 0 saturated heterocycles. The molecule has 0 fully saturated rings. The third-order valence-corrected chi connectivity index (χ3v) is 4.03. The average Bonchev–Trinajstić information content (AvgIpc) is 2.09. The highest BCUT2D eigenvalue weighted by molar-refractivity contribution is 7.91. The normalized spacial score (nSPS) is 11.6. The molecule has 1 rings (SSSR count). The van der Waals surface area contributed by atoms with E-state index in [0.717, 1.165) is 11.1 Å². The van der Waals surface area contributed by atoms with Crippen molar-refractivity contribution in [1.82, 2.24) is 0 Å². The molecular formula is C11H15O2S. The number of aryl methyl sites for hydroxylation is 2. The van der Waals surface area contributed by atoms with Gasteiger partial charge >= 0.3 is 0 Å². The molecule has 0 saturated carbocycles. The zero-order chi connectivity index (χ0) is 10.8. The Hall–Kier alpha value is -0.830. The highest BCUT2D eigenvalue weighted by Gasteiger charge is 2.15. The van der Waals surface area contributed by atoms with E-state index in [1.165, 1.54) is 0 Å². The highest BCUT2D eigenvalue weighted by Crippen LogP contribution is 2.18. The molecule has 14 heavy (non-hydrogen) atoms. The fraction of sp³-hybridized carbons (Fsp3) is 0.364. The predicted octanol–water partition coefficient (Wildman–Crippen LogP) is 2.30. The molecule has 0 bridgehead atoms. The zero-order valence-electron chi connectivity index (χ0n) is 8.58. The summed E-state index contributed by atoms with van der Waals surface area (Å²) in [5, 5.41) is 0. The van der Waals surface area contributed by atoms with Crippen LogP contribution in [-0.2, 0) is 9.84 Å². The van der Waals surface area contributed by atoms with Crippen molar-refractivity contribution in [3.8, 4) is 0 Å². The van der Waals surface area contributed by atoms with Crippen LogP contribution < -0.4 is 0 Å². The SMILES string of the molecule is [CH2]CCS(=O)(=O)c1cc(C)ccc1C. The van der Waals surface area contributed by atoms with E-state index in [-0.39, 0.29) is 5.75 Å². The van der Waals surface area contributed by atoms with Crippen LogP contribution in [0, 0.1) is 20.8 Å². The summed E-state index contributed by atoms with van der Waals surface area (Å²) in [5.74, 6) is 0.122. The van der Waals surface area contributed by atoms with E-state index in [9.17, 15) is 8.42 Å². The quantitative estimate of drug-likeness (QED) is 0.768. The summed E-state index contributed by atoms with van der Waals surface area (Å²) in [6, 6.07) is 5.48. The summed E-state index contributed by atoms with van der Waals surface area (Å²) < 4.78 is 23.5. The Balaban J connectivity index is 3.25. The van der Waals surface area contributed by atoms with Gasteiger partial charge in [-0.05, 0) is 37.5 Å². The van der Waals surface area contributed by atoms with Crippen molar-refractivity contribution in [3.63, 3.8) is 0 Å². The molecule has 0 unspecified atom stereocenters. The van der Waals surface area contributed by atoms with Crippen LogP contribution in [0.15, 0.2) is 23.1 Å². The van der Waals surface area contributed by atoms with Crippen LogP contribution in [0.5, 0.6) is 0 Å². The van der Waals surface area contributed by atoms with Gasteiger partial charge in [0.1, 0.15) is 0 Å². The second kappa shape index (κ2) is 4.13. The molecule has 2 nitrogen and oxygen atoms in total. The Morgan fingerprint density at radius 2 is 1.93 bits per heavy atom. The summed E-state index contributed by atoms with van der Waals surface area (Å²) >= 11 is 0.